The Morgan fingerprint density at radius 1 is 0.364 bits per heavy atom. The summed E-state index contributed by atoms with van der Waals surface area (Å²) in [6, 6.07) is -4.63. The van der Waals surface area contributed by atoms with Crippen molar-refractivity contribution >= 4 is 35.4 Å². The average molecular weight is 1760 g/mol. The maximum Gasteiger partial charge on any atom is 0.217 e. The number of rotatable bonds is 36. The number of hydrogen-bond acceptors (Lipinski definition) is 47. The summed E-state index contributed by atoms with van der Waals surface area (Å²) in [7, 11) is 0. The SMILES string of the molecule is CC(=O)N[C@H]1[C@H](O[C@@H]([C@H](O)[C@H](CNc2ccccn2)NC(C)=O)[C@H](O)CO)O[C@H](CO)[C@@H](O[C@@H]2O[C@H](CO[C@H]3O[C@H](CO)[C@@H](O)[C@H](O)[C@@H]3O[C@@H]3O[C@H](CO)[C@@H](O[C@@H]4O[C@H](CO)[C@H](O)[C@H](O)[C@H]4O)[C@H](O)[C@H]3NC(C)=O)[C@@H](O[C@@H]3O[C@H](CO)[C@@H](O)[C@H](O)[C@H]3NC(C)=O)[C@H](O[C@H]3O[C@H](CO)[C@@H](O)[C@H](O)[C@@H]3O[C@@H]3O[C@H](CO)[C@@H](O)[C@H](O)[C@H]3NC(C)=O)[C@@H]2O)[C@@H]1O. The van der Waals surface area contributed by atoms with E-state index in [2.05, 4.69) is 36.9 Å². The molecule has 121 heavy (non-hydrogen) atoms. The number of anilines is 1. The predicted octanol–water partition coefficient (Wildman–Crippen LogP) is -18.8. The largest absolute Gasteiger partial charge is 0.394 e. The molecule has 0 aliphatic carbocycles. The lowest BCUT2D eigenvalue weighted by molar-refractivity contribution is -0.407. The zero-order valence-corrected chi connectivity index (χ0v) is 65.5. The van der Waals surface area contributed by atoms with Crippen molar-refractivity contribution in [1.29, 1.82) is 0 Å². The van der Waals surface area contributed by atoms with E-state index in [0.717, 1.165) is 34.6 Å². The number of carbonyl (C=O) groups excluding carboxylic acids is 5. The van der Waals surface area contributed by atoms with Crippen molar-refractivity contribution in [3.8, 4) is 0 Å². The highest BCUT2D eigenvalue weighted by Crippen LogP contribution is 2.41. The van der Waals surface area contributed by atoms with Crippen molar-refractivity contribution in [2.75, 3.05) is 71.3 Å². The van der Waals surface area contributed by atoms with Gasteiger partial charge in [-0.3, -0.25) is 24.0 Å². The maximum absolute atomic E-state index is 13.3. The number of hydrogen-bond donors (Lipinski definition) is 30. The molecule has 52 heteroatoms. The van der Waals surface area contributed by atoms with Gasteiger partial charge in [-0.1, -0.05) is 6.07 Å². The molecular formula is C69H113N7O45. The van der Waals surface area contributed by atoms with Crippen molar-refractivity contribution in [3.05, 3.63) is 24.4 Å². The van der Waals surface area contributed by atoms with E-state index >= 15 is 0 Å². The third kappa shape index (κ3) is 23.6. The standard InChI is InChI=1S/C69H113N7O45/c1-20(85)72-25(10-71-35-8-6-7-9-70-35)40(91)55(26(90)11-77)115-64-38(75-23(4)88)48(99)57(33(18-84)112-64)117-67-54(105)59(119-69-61(52(103)45(96)31(16-82)111-69)121-63-37(74-22(3)87)47(98)42(93)28(13-79)108-63)58(118-62-36(73-21(2)86)46(97)41(92)27(12-78)107-62)34(114-67)19-106-68-60(51(102)44(95)30(15-81)110-68)120-65-39(76-24(5)89)49(100)56(32(17-83)113-65)116-66-53(104)50(101)43(94)29(14-80)109-66/h6-9,25-34,36-69,77-84,90-105H,10-19H2,1-5H3,(H,70,71)(H,72,85)(H,73,86)(H,74,87)(H,75,88)(H,76,89)/t25-,26+,27+,28+,29+,30+,31+,32+,33+,34+,36+,37+,38+,39+,40+,41+,42+,43-,44+,45+,46+,47+,48+,49+,50-,51-,52-,53+,54-,55+,56+,57+,58+,59+,60-,61-,62-,63-,64-,65-,66-,67-,68-,69+/m0/s1. The number of aliphatic hydroxyl groups is 24. The fourth-order valence-electron chi connectivity index (χ4n) is 15.1. The Balaban J connectivity index is 1.16. The molecule has 1 aromatic rings. The Morgan fingerprint density at radius 3 is 1.15 bits per heavy atom. The fraction of sp³-hybridized carbons (Fsp3) is 0.855. The van der Waals surface area contributed by atoms with Crippen LogP contribution in [0.15, 0.2) is 24.4 Å². The summed E-state index contributed by atoms with van der Waals surface area (Å²) in [5.41, 5.74) is 0. The van der Waals surface area contributed by atoms with Crippen LogP contribution in [0.25, 0.3) is 0 Å². The molecule has 44 atom stereocenters. The van der Waals surface area contributed by atoms with Gasteiger partial charge < -0.3 is 230 Å². The summed E-state index contributed by atoms with van der Waals surface area (Å²) in [4.78, 5) is 69.0. The second-order valence-corrected chi connectivity index (χ2v) is 30.1. The molecule has 8 aliphatic heterocycles. The number of amides is 5. The monoisotopic (exact) mass is 1760 g/mol. The molecule has 30 N–H and O–H groups in total. The molecule has 0 unspecified atom stereocenters. The number of aliphatic hydroxyl groups excluding tert-OH is 24. The Kier molecular flexibility index (Phi) is 36.9. The molecule has 0 radical (unpaired) electrons. The fourth-order valence-corrected chi connectivity index (χ4v) is 15.1. The van der Waals surface area contributed by atoms with E-state index < -0.39 is 359 Å². The van der Waals surface area contributed by atoms with E-state index in [-0.39, 0.29) is 12.4 Å². The van der Waals surface area contributed by atoms with Crippen LogP contribution in [0.3, 0.4) is 0 Å². The molecule has 8 aliphatic rings. The van der Waals surface area contributed by atoms with Crippen molar-refractivity contribution in [1.82, 2.24) is 31.6 Å². The minimum absolute atomic E-state index is 0.227. The van der Waals surface area contributed by atoms with E-state index in [4.69, 9.17) is 75.8 Å². The molecular weight excluding hydrogens is 1650 g/mol. The van der Waals surface area contributed by atoms with Crippen molar-refractivity contribution in [3.63, 3.8) is 0 Å². The van der Waals surface area contributed by atoms with Gasteiger partial charge in [0.25, 0.3) is 0 Å². The van der Waals surface area contributed by atoms with Crippen LogP contribution in [0.1, 0.15) is 34.6 Å². The Labute approximate surface area is 687 Å². The zero-order chi connectivity index (χ0) is 89.0. The Hall–Kier alpha value is -5.30. The van der Waals surface area contributed by atoms with E-state index in [1.807, 2.05) is 0 Å². The van der Waals surface area contributed by atoms with Gasteiger partial charge in [0.1, 0.15) is 219 Å². The Morgan fingerprint density at radius 2 is 0.719 bits per heavy atom. The summed E-state index contributed by atoms with van der Waals surface area (Å²) in [6.45, 7) is -6.12. The Bertz CT molecular complexity index is 3390. The number of nitrogens with zero attached hydrogens (tertiary/aromatic N) is 1. The smallest absolute Gasteiger partial charge is 0.217 e. The quantitative estimate of drug-likeness (QED) is 0.0297. The van der Waals surface area contributed by atoms with Gasteiger partial charge in [-0.25, -0.2) is 4.98 Å². The van der Waals surface area contributed by atoms with Crippen molar-refractivity contribution < 1.29 is 222 Å². The van der Waals surface area contributed by atoms with Crippen LogP contribution in [0.5, 0.6) is 0 Å². The summed E-state index contributed by atoms with van der Waals surface area (Å²) in [5.74, 6) is -4.37. The number of pyridine rings is 1. The number of aromatic nitrogens is 1. The summed E-state index contributed by atoms with van der Waals surface area (Å²) >= 11 is 0. The predicted molar refractivity (Wildman–Crippen MR) is 383 cm³/mol. The molecule has 8 saturated heterocycles. The molecule has 1 aromatic heterocycles. The molecule has 52 nitrogen and oxygen atoms in total. The number of ether oxygens (including phenoxy) is 16. The van der Waals surface area contributed by atoms with Gasteiger partial charge in [-0.05, 0) is 12.1 Å². The topological polar surface area (TPSA) is 804 Å². The first-order valence-electron chi connectivity index (χ1n) is 38.6. The molecule has 9 rings (SSSR count). The average Bonchev–Trinajstić information content (AvgIpc) is 0.742. The lowest BCUT2D eigenvalue weighted by Crippen LogP contribution is -2.71. The van der Waals surface area contributed by atoms with Gasteiger partial charge in [-0.2, -0.15) is 0 Å². The van der Waals surface area contributed by atoms with E-state index in [1.54, 1.807) is 12.1 Å². The highest BCUT2D eigenvalue weighted by Gasteiger charge is 2.61. The number of nitrogens with one attached hydrogen (secondary N) is 6. The lowest BCUT2D eigenvalue weighted by Gasteiger charge is -2.52. The molecule has 8 fully saturated rings. The molecule has 5 amide bonds. The van der Waals surface area contributed by atoms with Crippen LogP contribution in [-0.4, -0.2) is 493 Å². The molecule has 0 aromatic carbocycles. The van der Waals surface area contributed by atoms with Crippen LogP contribution in [0.2, 0.25) is 0 Å². The third-order valence-corrected chi connectivity index (χ3v) is 21.4. The van der Waals surface area contributed by atoms with E-state index in [9.17, 15) is 147 Å². The van der Waals surface area contributed by atoms with Gasteiger partial charge in [0, 0.05) is 47.4 Å². The van der Waals surface area contributed by atoms with Gasteiger partial charge in [0.05, 0.1) is 65.5 Å². The summed E-state index contributed by atoms with van der Waals surface area (Å²) < 4.78 is 98.4. The lowest BCUT2D eigenvalue weighted by atomic mass is 9.93. The van der Waals surface area contributed by atoms with Crippen LogP contribution in [0.4, 0.5) is 5.82 Å². The molecule has 0 bridgehead atoms. The first-order chi connectivity index (χ1) is 57.4. The van der Waals surface area contributed by atoms with Crippen LogP contribution >= 0.6 is 0 Å². The normalized spacial score (nSPS) is 43.3. The first kappa shape index (κ1) is 99.5. The van der Waals surface area contributed by atoms with Crippen LogP contribution in [-0.2, 0) is 99.8 Å². The highest BCUT2D eigenvalue weighted by atomic mass is 16.8. The molecule has 0 saturated carbocycles. The van der Waals surface area contributed by atoms with E-state index in [0.29, 0.717) is 0 Å². The van der Waals surface area contributed by atoms with Crippen molar-refractivity contribution in [2.45, 2.75) is 304 Å². The van der Waals surface area contributed by atoms with Crippen LogP contribution < -0.4 is 31.9 Å². The first-order valence-corrected chi connectivity index (χ1v) is 38.6. The van der Waals surface area contributed by atoms with Gasteiger partial charge in [0.15, 0.2) is 50.3 Å². The minimum atomic E-state index is -2.72. The van der Waals surface area contributed by atoms with E-state index in [1.165, 1.54) is 12.3 Å². The number of carbonyl (C=O) groups is 5. The molecule has 9 heterocycles. The second-order valence-electron chi connectivity index (χ2n) is 30.1. The van der Waals surface area contributed by atoms with Gasteiger partial charge in [-0.15, -0.1) is 0 Å². The molecule has 0 spiro atoms. The summed E-state index contributed by atoms with van der Waals surface area (Å²) in [6.07, 6.45) is -83.5. The summed E-state index contributed by atoms with van der Waals surface area (Å²) in [5, 5.41) is 286. The van der Waals surface area contributed by atoms with Crippen LogP contribution in [0, 0.1) is 0 Å². The second kappa shape index (κ2) is 44.9. The molecule has 694 valence electrons. The van der Waals surface area contributed by atoms with Gasteiger partial charge >= 0.3 is 0 Å². The third-order valence-electron chi connectivity index (χ3n) is 21.4. The van der Waals surface area contributed by atoms with Crippen molar-refractivity contribution in [2.24, 2.45) is 0 Å². The maximum atomic E-state index is 13.3. The zero-order valence-electron chi connectivity index (χ0n) is 65.5. The highest BCUT2D eigenvalue weighted by molar-refractivity contribution is 5.75. The van der Waals surface area contributed by atoms with Gasteiger partial charge in [0.2, 0.25) is 29.5 Å². The minimum Gasteiger partial charge on any atom is -0.394 e.